The molecule has 0 spiro atoms. The number of aryl methyl sites for hydroxylation is 1. The minimum Gasteiger partial charge on any atom is -0.399 e. The van der Waals surface area contributed by atoms with E-state index in [0.29, 0.717) is 25.4 Å². The van der Waals surface area contributed by atoms with Crippen molar-refractivity contribution in [2.75, 3.05) is 31.2 Å². The van der Waals surface area contributed by atoms with E-state index in [1.165, 1.54) is 6.07 Å². The first kappa shape index (κ1) is 19.7. The minimum atomic E-state index is -3.34. The van der Waals surface area contributed by atoms with Gasteiger partial charge >= 0.3 is 0 Å². The lowest BCUT2D eigenvalue weighted by Gasteiger charge is -2.07. The minimum absolute atomic E-state index is 0.00461. The summed E-state index contributed by atoms with van der Waals surface area (Å²) in [5.41, 5.74) is 7.20. The van der Waals surface area contributed by atoms with E-state index in [2.05, 4.69) is 5.32 Å². The van der Waals surface area contributed by atoms with Gasteiger partial charge in [0.25, 0.3) is 0 Å². The van der Waals surface area contributed by atoms with Crippen LogP contribution in [0.25, 0.3) is 0 Å². The van der Waals surface area contributed by atoms with Gasteiger partial charge in [0.05, 0.1) is 29.3 Å². The van der Waals surface area contributed by atoms with Crippen molar-refractivity contribution in [1.82, 2.24) is 5.32 Å². The summed E-state index contributed by atoms with van der Waals surface area (Å²) in [4.78, 5) is 6.24. The maximum Gasteiger partial charge on any atom is 0.179 e. The Morgan fingerprint density at radius 1 is 1.12 bits per heavy atom. The van der Waals surface area contributed by atoms with Crippen LogP contribution in [0.5, 0.6) is 0 Å². The lowest BCUT2D eigenvalue weighted by molar-refractivity contribution is -0.188. The second-order valence-corrected chi connectivity index (χ2v) is 8.31. The molecule has 0 aliphatic rings. The number of nitrogens with one attached hydrogen (secondary N) is 1. The van der Waals surface area contributed by atoms with Crippen LogP contribution in [-0.2, 0) is 19.1 Å². The van der Waals surface area contributed by atoms with Crippen LogP contribution < -0.4 is 11.1 Å². The Morgan fingerprint density at radius 2 is 1.92 bits per heavy atom. The third-order valence-electron chi connectivity index (χ3n) is 3.29. The molecule has 0 fully saturated rings. The van der Waals surface area contributed by atoms with E-state index in [-0.39, 0.29) is 10.6 Å². The van der Waals surface area contributed by atoms with Crippen molar-refractivity contribution < 1.29 is 17.6 Å². The van der Waals surface area contributed by atoms with Gasteiger partial charge in [0, 0.05) is 23.7 Å². The molecule has 0 aliphatic carbocycles. The maximum absolute atomic E-state index is 12.1. The number of benzene rings is 2. The topological polar surface area (TPSA) is 90.6 Å². The molecule has 136 valence electrons. The number of sulfone groups is 1. The molecular weight excluding hydrogens is 360 g/mol. The third kappa shape index (κ3) is 7.05. The molecular formula is C17H22N2O4S2. The smallest absolute Gasteiger partial charge is 0.179 e. The fourth-order valence-corrected chi connectivity index (χ4v) is 3.85. The van der Waals surface area contributed by atoms with Crippen molar-refractivity contribution in [3.8, 4) is 0 Å². The number of nitrogen functional groups attached to an aromatic ring is 1. The van der Waals surface area contributed by atoms with Gasteiger partial charge in [0.15, 0.2) is 9.84 Å². The van der Waals surface area contributed by atoms with E-state index < -0.39 is 9.84 Å². The van der Waals surface area contributed by atoms with Crippen molar-refractivity contribution in [2.24, 2.45) is 0 Å². The van der Waals surface area contributed by atoms with Crippen molar-refractivity contribution in [2.45, 2.75) is 16.7 Å². The highest BCUT2D eigenvalue weighted by Crippen LogP contribution is 2.19. The highest BCUT2D eigenvalue weighted by atomic mass is 32.2. The molecule has 0 aromatic heterocycles. The molecule has 0 atom stereocenters. The third-order valence-corrected chi connectivity index (χ3v) is 5.62. The largest absolute Gasteiger partial charge is 0.399 e. The summed E-state index contributed by atoms with van der Waals surface area (Å²) in [6, 6.07) is 14.2. The summed E-state index contributed by atoms with van der Waals surface area (Å²) >= 11 is 1.14. The lowest BCUT2D eigenvalue weighted by Crippen LogP contribution is -2.26. The molecule has 8 heteroatoms. The van der Waals surface area contributed by atoms with E-state index in [1.54, 1.807) is 18.2 Å². The molecule has 0 unspecified atom stereocenters. The van der Waals surface area contributed by atoms with Crippen LogP contribution in [-0.4, -0.2) is 33.9 Å². The fraction of sp³-hybridized carbons (Fsp3) is 0.294. The lowest BCUT2D eigenvalue weighted by atomic mass is 10.2. The quantitative estimate of drug-likeness (QED) is 0.215. The Balaban J connectivity index is 1.59. The zero-order chi connectivity index (χ0) is 18.1. The highest BCUT2D eigenvalue weighted by molar-refractivity contribution is 7.94. The average molecular weight is 383 g/mol. The summed E-state index contributed by atoms with van der Waals surface area (Å²) in [7, 11) is -3.34. The summed E-state index contributed by atoms with van der Waals surface area (Å²) in [6.07, 6.45) is 0. The Kier molecular flexibility index (Phi) is 7.73. The summed E-state index contributed by atoms with van der Waals surface area (Å²) in [5.74, 6) is -0.00461. The Hall–Kier alpha value is -1.58. The zero-order valence-corrected chi connectivity index (χ0v) is 15.6. The number of hydrogen-bond acceptors (Lipinski definition) is 7. The molecule has 25 heavy (non-hydrogen) atoms. The molecule has 2 rings (SSSR count). The average Bonchev–Trinajstić information content (AvgIpc) is 2.57. The fourth-order valence-electron chi connectivity index (χ4n) is 2.04. The molecule has 6 nitrogen and oxygen atoms in total. The molecule has 2 aromatic carbocycles. The molecule has 0 saturated heterocycles. The molecule has 0 amide bonds. The molecule has 0 bridgehead atoms. The summed E-state index contributed by atoms with van der Waals surface area (Å²) in [6.45, 7) is 3.14. The zero-order valence-electron chi connectivity index (χ0n) is 14.0. The van der Waals surface area contributed by atoms with Crippen LogP contribution in [0.1, 0.15) is 5.56 Å². The van der Waals surface area contributed by atoms with Crippen LogP contribution in [0.4, 0.5) is 5.69 Å². The van der Waals surface area contributed by atoms with E-state index in [4.69, 9.17) is 15.0 Å². The van der Waals surface area contributed by atoms with E-state index >= 15 is 0 Å². The molecule has 2 aromatic rings. The van der Waals surface area contributed by atoms with Gasteiger partial charge in [-0.1, -0.05) is 18.2 Å². The van der Waals surface area contributed by atoms with Gasteiger partial charge in [0.2, 0.25) is 0 Å². The SMILES string of the molecule is Cc1cccc(SOOCCNCCS(=O)(=O)c2cccc(N)c2)c1. The van der Waals surface area contributed by atoms with Gasteiger partial charge in [-0.25, -0.2) is 13.3 Å². The van der Waals surface area contributed by atoms with Gasteiger partial charge in [-0.15, -0.1) is 0 Å². The highest BCUT2D eigenvalue weighted by Gasteiger charge is 2.13. The number of rotatable bonds is 10. The first-order valence-electron chi connectivity index (χ1n) is 7.79. The number of nitrogens with two attached hydrogens (primary N) is 1. The summed E-state index contributed by atoms with van der Waals surface area (Å²) in [5, 5.41) is 3.01. The van der Waals surface area contributed by atoms with E-state index in [0.717, 1.165) is 22.5 Å². The Bertz CT molecular complexity index is 782. The molecule has 3 N–H and O–H groups in total. The van der Waals surface area contributed by atoms with Gasteiger partial charge in [-0.2, -0.15) is 4.33 Å². The predicted molar refractivity (Wildman–Crippen MR) is 99.8 cm³/mol. The van der Waals surface area contributed by atoms with E-state index in [1.807, 2.05) is 31.2 Å². The normalized spacial score (nSPS) is 11.6. The summed E-state index contributed by atoms with van der Waals surface area (Å²) < 4.78 is 29.3. The molecule has 0 saturated carbocycles. The van der Waals surface area contributed by atoms with Crippen molar-refractivity contribution in [1.29, 1.82) is 0 Å². The second kappa shape index (κ2) is 9.79. The van der Waals surface area contributed by atoms with Crippen molar-refractivity contribution >= 4 is 27.6 Å². The maximum atomic E-state index is 12.1. The van der Waals surface area contributed by atoms with Crippen LogP contribution >= 0.6 is 12.0 Å². The predicted octanol–water partition coefficient (Wildman–Crippen LogP) is 2.60. The van der Waals surface area contributed by atoms with Crippen LogP contribution in [0.3, 0.4) is 0 Å². The van der Waals surface area contributed by atoms with Crippen LogP contribution in [0.2, 0.25) is 0 Å². The van der Waals surface area contributed by atoms with Crippen molar-refractivity contribution in [3.05, 3.63) is 54.1 Å². The van der Waals surface area contributed by atoms with Gasteiger partial charge in [-0.05, 0) is 42.8 Å². The van der Waals surface area contributed by atoms with Crippen LogP contribution in [0.15, 0.2) is 58.3 Å². The molecule has 0 aliphatic heterocycles. The number of anilines is 1. The van der Waals surface area contributed by atoms with Crippen LogP contribution in [0, 0.1) is 6.92 Å². The van der Waals surface area contributed by atoms with Gasteiger partial charge < -0.3 is 11.1 Å². The Labute approximate surface area is 152 Å². The van der Waals surface area contributed by atoms with Gasteiger partial charge in [0.1, 0.15) is 0 Å². The van der Waals surface area contributed by atoms with Crippen molar-refractivity contribution in [3.63, 3.8) is 0 Å². The van der Waals surface area contributed by atoms with E-state index in [9.17, 15) is 8.42 Å². The second-order valence-electron chi connectivity index (χ2n) is 5.43. The first-order chi connectivity index (χ1) is 12.0. The molecule has 0 heterocycles. The number of hydrogen-bond donors (Lipinski definition) is 2. The Morgan fingerprint density at radius 3 is 2.68 bits per heavy atom. The molecule has 0 radical (unpaired) electrons. The standard InChI is InChI=1S/C17H22N2O4S2/c1-14-4-2-6-16(12-14)24-23-22-10-8-19-9-11-25(20,21)17-7-3-5-15(18)13-17/h2-7,12-13,19H,8-11,18H2,1H3. The monoisotopic (exact) mass is 382 g/mol. The first-order valence-corrected chi connectivity index (χ1v) is 10.2. The van der Waals surface area contributed by atoms with Gasteiger partial charge in [-0.3, -0.25) is 0 Å².